The second-order valence-electron chi connectivity index (χ2n) is 6.71. The second kappa shape index (κ2) is 7.14. The number of aliphatic hydroxyl groups excluding tert-OH is 1. The van der Waals surface area contributed by atoms with Crippen LogP contribution in [0.5, 0.6) is 0 Å². The van der Waals surface area contributed by atoms with Gasteiger partial charge in [-0.3, -0.25) is 15.1 Å². The van der Waals surface area contributed by atoms with Crippen LogP contribution in [0.2, 0.25) is 0 Å². The van der Waals surface area contributed by atoms with E-state index in [1.807, 2.05) is 24.5 Å². The highest BCUT2D eigenvalue weighted by Crippen LogP contribution is 2.27. The van der Waals surface area contributed by atoms with E-state index in [-0.39, 0.29) is 6.10 Å². The van der Waals surface area contributed by atoms with E-state index in [2.05, 4.69) is 36.3 Å². The van der Waals surface area contributed by atoms with E-state index in [1.54, 1.807) is 6.33 Å². The Hall–Kier alpha value is -2.54. The van der Waals surface area contributed by atoms with Gasteiger partial charge in [-0.1, -0.05) is 0 Å². The van der Waals surface area contributed by atoms with Crippen LogP contribution in [0.25, 0.3) is 17.2 Å². The summed E-state index contributed by atoms with van der Waals surface area (Å²) in [5.41, 5.74) is 2.65. The fraction of sp³-hybridized carbons (Fsp3) is 0.444. The first-order chi connectivity index (χ1) is 12.3. The fourth-order valence-corrected chi connectivity index (χ4v) is 3.45. The quantitative estimate of drug-likeness (QED) is 0.891. The minimum atomic E-state index is -0.0983. The second-order valence-corrected chi connectivity index (χ2v) is 6.71. The Kier molecular flexibility index (Phi) is 4.56. The molecule has 0 aromatic carbocycles. The van der Waals surface area contributed by atoms with E-state index in [1.165, 1.54) is 0 Å². The molecule has 2 aromatic rings. The van der Waals surface area contributed by atoms with E-state index in [4.69, 9.17) is 0 Å². The highest BCUT2D eigenvalue weighted by molar-refractivity contribution is 5.77. The number of aliphatic imine (C=N–C) groups is 1. The molecule has 1 saturated carbocycles. The number of hydrogen-bond donors (Lipinski definition) is 2. The van der Waals surface area contributed by atoms with Crippen LogP contribution in [0.4, 0.5) is 0 Å². The molecule has 0 spiro atoms. The van der Waals surface area contributed by atoms with Gasteiger partial charge >= 0.3 is 0 Å². The number of pyridine rings is 1. The SMILES string of the molecule is O[C@H]1CC[C@@H](CN2C=C(c3ccc(-c4nc[nH]n4)nc3)N=CC2)CC1. The predicted molar refractivity (Wildman–Crippen MR) is 95.6 cm³/mol. The van der Waals surface area contributed by atoms with Crippen molar-refractivity contribution in [3.05, 3.63) is 36.4 Å². The standard InChI is InChI=1S/C18H22N6O/c25-15-4-1-13(2-5-15)10-24-8-7-19-17(11-24)14-3-6-16(20-9-14)18-21-12-22-23-18/h3,6-7,9,11-13,15,25H,1-2,4-5,8,10H2,(H,21,22,23)/t13-,15+. The molecule has 2 aromatic heterocycles. The first kappa shape index (κ1) is 16.0. The first-order valence-electron chi connectivity index (χ1n) is 8.77. The molecule has 0 saturated heterocycles. The highest BCUT2D eigenvalue weighted by atomic mass is 16.3. The van der Waals surface area contributed by atoms with Gasteiger partial charge in [0, 0.05) is 30.7 Å². The Morgan fingerprint density at radius 2 is 2.04 bits per heavy atom. The molecular formula is C18H22N6O. The van der Waals surface area contributed by atoms with Crippen molar-refractivity contribution in [1.29, 1.82) is 0 Å². The summed E-state index contributed by atoms with van der Waals surface area (Å²) in [4.78, 5) is 15.4. The van der Waals surface area contributed by atoms with Gasteiger partial charge in [0.2, 0.25) is 0 Å². The number of H-pyrrole nitrogens is 1. The van der Waals surface area contributed by atoms with E-state index in [9.17, 15) is 5.11 Å². The summed E-state index contributed by atoms with van der Waals surface area (Å²) >= 11 is 0. The summed E-state index contributed by atoms with van der Waals surface area (Å²) in [7, 11) is 0. The average molecular weight is 338 g/mol. The third kappa shape index (κ3) is 3.76. The number of rotatable bonds is 4. The lowest BCUT2D eigenvalue weighted by atomic mass is 9.87. The van der Waals surface area contributed by atoms with Crippen molar-refractivity contribution < 1.29 is 5.11 Å². The molecule has 2 aliphatic rings. The van der Waals surface area contributed by atoms with Crippen molar-refractivity contribution in [2.75, 3.05) is 13.1 Å². The van der Waals surface area contributed by atoms with Gasteiger partial charge in [0.25, 0.3) is 0 Å². The molecule has 0 atom stereocenters. The molecule has 4 rings (SSSR count). The lowest BCUT2D eigenvalue weighted by Gasteiger charge is -2.31. The molecule has 0 unspecified atom stereocenters. The van der Waals surface area contributed by atoms with Crippen LogP contribution >= 0.6 is 0 Å². The number of nitrogens with zero attached hydrogens (tertiary/aromatic N) is 5. The van der Waals surface area contributed by atoms with Crippen LogP contribution in [-0.2, 0) is 0 Å². The fourth-order valence-electron chi connectivity index (χ4n) is 3.45. The molecule has 3 heterocycles. The van der Waals surface area contributed by atoms with Crippen LogP contribution in [0.3, 0.4) is 0 Å². The Balaban J connectivity index is 1.44. The molecule has 2 N–H and O–H groups in total. The van der Waals surface area contributed by atoms with Gasteiger partial charge in [0.15, 0.2) is 5.82 Å². The topological polar surface area (TPSA) is 90.3 Å². The Morgan fingerprint density at radius 3 is 2.76 bits per heavy atom. The van der Waals surface area contributed by atoms with Crippen LogP contribution in [0, 0.1) is 5.92 Å². The van der Waals surface area contributed by atoms with Crippen LogP contribution in [-0.4, -0.2) is 55.6 Å². The Morgan fingerprint density at radius 1 is 1.16 bits per heavy atom. The van der Waals surface area contributed by atoms with E-state index >= 15 is 0 Å². The summed E-state index contributed by atoms with van der Waals surface area (Å²) in [6.07, 6.45) is 11.4. The minimum Gasteiger partial charge on any atom is -0.393 e. The molecule has 7 heteroatoms. The van der Waals surface area contributed by atoms with Crippen LogP contribution in [0.15, 0.2) is 35.8 Å². The van der Waals surface area contributed by atoms with Crippen molar-refractivity contribution in [3.63, 3.8) is 0 Å². The molecule has 1 aliphatic carbocycles. The van der Waals surface area contributed by atoms with Crippen molar-refractivity contribution in [3.8, 4) is 11.5 Å². The largest absolute Gasteiger partial charge is 0.393 e. The number of aromatic nitrogens is 4. The number of aliphatic hydroxyl groups is 1. The number of aromatic amines is 1. The zero-order valence-corrected chi connectivity index (χ0v) is 14.0. The molecule has 0 radical (unpaired) electrons. The van der Waals surface area contributed by atoms with Gasteiger partial charge in [-0.25, -0.2) is 4.98 Å². The lowest BCUT2D eigenvalue weighted by Crippen LogP contribution is -2.31. The molecule has 1 fully saturated rings. The van der Waals surface area contributed by atoms with E-state index < -0.39 is 0 Å². The molecular weight excluding hydrogens is 316 g/mol. The molecule has 1 aliphatic heterocycles. The maximum absolute atomic E-state index is 9.65. The molecule has 0 bridgehead atoms. The summed E-state index contributed by atoms with van der Waals surface area (Å²) < 4.78 is 0. The average Bonchev–Trinajstić information content (AvgIpc) is 3.19. The van der Waals surface area contributed by atoms with Gasteiger partial charge in [-0.15, -0.1) is 0 Å². The van der Waals surface area contributed by atoms with Crippen LogP contribution < -0.4 is 0 Å². The molecule has 7 nitrogen and oxygen atoms in total. The monoisotopic (exact) mass is 338 g/mol. The van der Waals surface area contributed by atoms with Gasteiger partial charge in [-0.05, 0) is 43.7 Å². The lowest BCUT2D eigenvalue weighted by molar-refractivity contribution is 0.101. The van der Waals surface area contributed by atoms with E-state index in [0.717, 1.165) is 55.7 Å². The van der Waals surface area contributed by atoms with Crippen molar-refractivity contribution in [2.24, 2.45) is 10.9 Å². The van der Waals surface area contributed by atoms with Crippen molar-refractivity contribution in [2.45, 2.75) is 31.8 Å². The maximum atomic E-state index is 9.65. The third-order valence-corrected chi connectivity index (χ3v) is 4.86. The smallest absolute Gasteiger partial charge is 0.199 e. The summed E-state index contributed by atoms with van der Waals surface area (Å²) in [5, 5.41) is 16.4. The minimum absolute atomic E-state index is 0.0983. The zero-order valence-electron chi connectivity index (χ0n) is 14.0. The number of hydrogen-bond acceptors (Lipinski definition) is 6. The van der Waals surface area contributed by atoms with Gasteiger partial charge in [-0.2, -0.15) is 5.10 Å². The van der Waals surface area contributed by atoms with Crippen molar-refractivity contribution in [1.82, 2.24) is 25.1 Å². The summed E-state index contributed by atoms with van der Waals surface area (Å²) in [5.74, 6) is 1.24. The normalized spacial score (nSPS) is 23.6. The summed E-state index contributed by atoms with van der Waals surface area (Å²) in [6.45, 7) is 1.86. The van der Waals surface area contributed by atoms with Crippen LogP contribution in [0.1, 0.15) is 31.2 Å². The molecule has 25 heavy (non-hydrogen) atoms. The molecule has 130 valence electrons. The van der Waals surface area contributed by atoms with E-state index in [0.29, 0.717) is 11.7 Å². The maximum Gasteiger partial charge on any atom is 0.199 e. The van der Waals surface area contributed by atoms with Gasteiger partial charge in [0.1, 0.15) is 12.0 Å². The zero-order chi connectivity index (χ0) is 17.1. The molecule has 0 amide bonds. The summed E-state index contributed by atoms with van der Waals surface area (Å²) in [6, 6.07) is 3.92. The Labute approximate surface area is 146 Å². The van der Waals surface area contributed by atoms with Crippen molar-refractivity contribution >= 4 is 11.9 Å². The highest BCUT2D eigenvalue weighted by Gasteiger charge is 2.21. The number of nitrogens with one attached hydrogen (secondary N) is 1. The van der Waals surface area contributed by atoms with Gasteiger partial charge in [0.05, 0.1) is 18.3 Å². The third-order valence-electron chi connectivity index (χ3n) is 4.86. The predicted octanol–water partition coefficient (Wildman–Crippen LogP) is 2.10. The Bertz CT molecular complexity index is 744. The van der Waals surface area contributed by atoms with Gasteiger partial charge < -0.3 is 10.0 Å². The first-order valence-corrected chi connectivity index (χ1v) is 8.77.